The van der Waals surface area contributed by atoms with Crippen LogP contribution in [0.25, 0.3) is 22.0 Å². The maximum Gasteiger partial charge on any atom is 0.228 e. The van der Waals surface area contributed by atoms with Crippen LogP contribution in [0.1, 0.15) is 28.7 Å². The number of aryl methyl sites for hydroxylation is 1. The molecule has 1 fully saturated rings. The number of alkyl halides is 1. The Labute approximate surface area is 266 Å². The molecule has 2 N–H and O–H groups in total. The molecule has 3 heterocycles. The molecule has 0 radical (unpaired) electrons. The van der Waals surface area contributed by atoms with E-state index in [9.17, 15) is 12.8 Å². The van der Waals surface area contributed by atoms with Crippen LogP contribution in [0.5, 0.6) is 11.6 Å². The number of nitrogens with zero attached hydrogens (tertiary/aromatic N) is 3. The van der Waals surface area contributed by atoms with E-state index in [0.717, 1.165) is 5.56 Å². The average molecular weight is 640 g/mol. The van der Waals surface area contributed by atoms with Gasteiger partial charge in [0.2, 0.25) is 11.8 Å². The van der Waals surface area contributed by atoms with Crippen molar-refractivity contribution in [3.63, 3.8) is 0 Å². The lowest BCUT2D eigenvalue weighted by Gasteiger charge is -2.26. The standard InChI is InChI=1S/C35H31F2N5O3S/c1-3-23-7-9-24(10-8-23)20-46(43,44)21-30-27-11-6-22(2)33(28(27)12-13-31(30)37)45-34-29(5-4-15-39-34)32-14-16-40-35(42-32)41-26-17-25(36)18-38-19-26/h1,4-16,25-26,38H,17-21H2,2H3,(H,40,41,42)/t25-,26-/m0/s1. The number of piperidine rings is 1. The predicted molar refractivity (Wildman–Crippen MR) is 174 cm³/mol. The van der Waals surface area contributed by atoms with Crippen LogP contribution >= 0.6 is 0 Å². The summed E-state index contributed by atoms with van der Waals surface area (Å²) < 4.78 is 62.1. The van der Waals surface area contributed by atoms with Crippen molar-refractivity contribution in [1.29, 1.82) is 0 Å². The molecule has 1 aliphatic rings. The van der Waals surface area contributed by atoms with E-state index in [2.05, 4.69) is 31.5 Å². The minimum absolute atomic E-state index is 0.0584. The zero-order valence-corrected chi connectivity index (χ0v) is 25.8. The van der Waals surface area contributed by atoms with Crippen LogP contribution in [0.4, 0.5) is 14.7 Å². The summed E-state index contributed by atoms with van der Waals surface area (Å²) in [6.45, 7) is 2.77. The van der Waals surface area contributed by atoms with Crippen molar-refractivity contribution < 1.29 is 21.9 Å². The zero-order chi connectivity index (χ0) is 32.3. The highest BCUT2D eigenvalue weighted by Gasteiger charge is 2.23. The topological polar surface area (TPSA) is 106 Å². The van der Waals surface area contributed by atoms with Crippen molar-refractivity contribution in [3.8, 4) is 35.2 Å². The highest BCUT2D eigenvalue weighted by molar-refractivity contribution is 7.89. The predicted octanol–water partition coefficient (Wildman–Crippen LogP) is 6.14. The first-order valence-corrected chi connectivity index (χ1v) is 16.6. The number of anilines is 1. The summed E-state index contributed by atoms with van der Waals surface area (Å²) in [5, 5.41) is 7.21. The largest absolute Gasteiger partial charge is 0.437 e. The van der Waals surface area contributed by atoms with Crippen LogP contribution in [0.3, 0.4) is 0 Å². The molecule has 0 spiro atoms. The smallest absolute Gasteiger partial charge is 0.228 e. The summed E-state index contributed by atoms with van der Waals surface area (Å²) in [6.07, 6.45) is 8.00. The summed E-state index contributed by atoms with van der Waals surface area (Å²) in [7, 11) is -3.75. The molecule has 2 aromatic heterocycles. The van der Waals surface area contributed by atoms with Crippen molar-refractivity contribution in [2.45, 2.75) is 37.1 Å². The van der Waals surface area contributed by atoms with Gasteiger partial charge in [0, 0.05) is 54.5 Å². The summed E-state index contributed by atoms with van der Waals surface area (Å²) in [4.78, 5) is 13.4. The Morgan fingerprint density at radius 2 is 1.80 bits per heavy atom. The molecule has 5 aromatic rings. The third-order valence-electron chi connectivity index (χ3n) is 7.81. The molecule has 0 aliphatic carbocycles. The fourth-order valence-electron chi connectivity index (χ4n) is 5.55. The fourth-order valence-corrected chi connectivity index (χ4v) is 7.09. The summed E-state index contributed by atoms with van der Waals surface area (Å²) in [6, 6.07) is 18.1. The number of pyridine rings is 1. The molecule has 234 valence electrons. The molecule has 2 atom stereocenters. The van der Waals surface area contributed by atoms with E-state index in [1.807, 2.05) is 13.0 Å². The Balaban J connectivity index is 1.31. The van der Waals surface area contributed by atoms with Crippen LogP contribution in [-0.2, 0) is 21.3 Å². The highest BCUT2D eigenvalue weighted by Crippen LogP contribution is 2.38. The number of hydrogen-bond acceptors (Lipinski definition) is 8. The van der Waals surface area contributed by atoms with Crippen molar-refractivity contribution in [2.24, 2.45) is 0 Å². The number of halogens is 2. The van der Waals surface area contributed by atoms with Gasteiger partial charge in [-0.2, -0.15) is 0 Å². The van der Waals surface area contributed by atoms with Gasteiger partial charge in [0.05, 0.1) is 22.8 Å². The van der Waals surface area contributed by atoms with Gasteiger partial charge in [-0.05, 0) is 65.9 Å². The third-order valence-corrected chi connectivity index (χ3v) is 9.31. The second-order valence-corrected chi connectivity index (χ2v) is 13.3. The van der Waals surface area contributed by atoms with Crippen molar-refractivity contribution in [1.82, 2.24) is 20.3 Å². The van der Waals surface area contributed by atoms with Gasteiger partial charge in [-0.15, -0.1) is 6.42 Å². The average Bonchev–Trinajstić information content (AvgIpc) is 3.04. The molecule has 0 bridgehead atoms. The number of hydrogen-bond donors (Lipinski definition) is 2. The van der Waals surface area contributed by atoms with E-state index in [-0.39, 0.29) is 23.2 Å². The molecule has 6 rings (SSSR count). The van der Waals surface area contributed by atoms with E-state index in [0.29, 0.717) is 64.4 Å². The molecule has 11 heteroatoms. The van der Waals surface area contributed by atoms with Crippen molar-refractivity contribution >= 4 is 26.6 Å². The quantitative estimate of drug-likeness (QED) is 0.185. The minimum atomic E-state index is -3.75. The van der Waals surface area contributed by atoms with Crippen LogP contribution in [-0.4, -0.2) is 48.7 Å². The van der Waals surface area contributed by atoms with Gasteiger partial charge >= 0.3 is 0 Å². The number of fused-ring (bicyclic) bond motifs is 1. The number of rotatable bonds is 9. The van der Waals surface area contributed by atoms with Crippen molar-refractivity contribution in [2.75, 3.05) is 18.4 Å². The van der Waals surface area contributed by atoms with Gasteiger partial charge in [-0.25, -0.2) is 32.2 Å². The Hall–Kier alpha value is -4.92. The second kappa shape index (κ2) is 13.2. The Morgan fingerprint density at radius 1 is 1.00 bits per heavy atom. The number of aromatic nitrogens is 3. The molecule has 46 heavy (non-hydrogen) atoms. The molecular weight excluding hydrogens is 608 g/mol. The van der Waals surface area contributed by atoms with Crippen molar-refractivity contribution in [3.05, 3.63) is 107 Å². The SMILES string of the molecule is C#Cc1ccc(CS(=O)(=O)Cc2c(F)ccc3c(Oc4ncccc4-c4ccnc(N[C@@H]5CNC[C@@H](F)C5)n4)c(C)ccc23)cc1. The molecule has 0 saturated carbocycles. The van der Waals surface area contributed by atoms with Gasteiger partial charge in [-0.1, -0.05) is 30.2 Å². The molecule has 8 nitrogen and oxygen atoms in total. The van der Waals surface area contributed by atoms with E-state index in [1.165, 1.54) is 6.07 Å². The summed E-state index contributed by atoms with van der Waals surface area (Å²) >= 11 is 0. The van der Waals surface area contributed by atoms with Crippen LogP contribution in [0, 0.1) is 25.1 Å². The first kappa shape index (κ1) is 31.1. The van der Waals surface area contributed by atoms with Gasteiger partial charge in [0.1, 0.15) is 17.7 Å². The molecule has 1 aliphatic heterocycles. The lowest BCUT2D eigenvalue weighted by molar-refractivity contribution is 0.254. The Morgan fingerprint density at radius 3 is 2.59 bits per heavy atom. The third kappa shape index (κ3) is 6.98. The van der Waals surface area contributed by atoms with E-state index in [1.54, 1.807) is 67.0 Å². The number of nitrogens with one attached hydrogen (secondary N) is 2. The number of sulfone groups is 1. The van der Waals surface area contributed by atoms with E-state index in [4.69, 9.17) is 11.2 Å². The fraction of sp³-hybridized carbons (Fsp3) is 0.229. The van der Waals surface area contributed by atoms with Gasteiger partial charge < -0.3 is 15.4 Å². The normalized spacial score (nSPS) is 16.6. The van der Waals surface area contributed by atoms with E-state index >= 15 is 4.39 Å². The van der Waals surface area contributed by atoms with E-state index < -0.39 is 27.6 Å². The zero-order valence-electron chi connectivity index (χ0n) is 25.0. The maximum atomic E-state index is 15.3. The monoisotopic (exact) mass is 639 g/mol. The molecule has 3 aromatic carbocycles. The molecule has 0 unspecified atom stereocenters. The molecule has 0 amide bonds. The Bertz CT molecular complexity index is 2050. The molecular formula is C35H31F2N5O3S. The highest BCUT2D eigenvalue weighted by atomic mass is 32.2. The molecule has 1 saturated heterocycles. The summed E-state index contributed by atoms with van der Waals surface area (Å²) in [5.74, 6) is 2.13. The first-order chi connectivity index (χ1) is 22.2. The van der Waals surface area contributed by atoms with Gasteiger partial charge in [0.25, 0.3) is 0 Å². The van der Waals surface area contributed by atoms with Gasteiger partial charge in [-0.3, -0.25) is 0 Å². The summed E-state index contributed by atoms with van der Waals surface area (Å²) in [5.41, 5.74) is 3.12. The van der Waals surface area contributed by atoms with Crippen LogP contribution in [0.2, 0.25) is 0 Å². The second-order valence-electron chi connectivity index (χ2n) is 11.3. The van der Waals surface area contributed by atoms with Crippen LogP contribution in [0.15, 0.2) is 79.1 Å². The number of ether oxygens (including phenoxy) is 1. The number of benzene rings is 3. The van der Waals surface area contributed by atoms with Crippen LogP contribution < -0.4 is 15.4 Å². The number of terminal acetylenes is 1. The maximum absolute atomic E-state index is 15.3. The minimum Gasteiger partial charge on any atom is -0.437 e. The lowest BCUT2D eigenvalue weighted by Crippen LogP contribution is -2.44. The Kier molecular flexibility index (Phi) is 8.92. The lowest BCUT2D eigenvalue weighted by atomic mass is 10.0. The van der Waals surface area contributed by atoms with Gasteiger partial charge in [0.15, 0.2) is 9.84 Å². The first-order valence-electron chi connectivity index (χ1n) is 14.7.